The molecule has 0 unspecified atom stereocenters. The van der Waals surface area contributed by atoms with Crippen molar-refractivity contribution < 1.29 is 8.78 Å². The van der Waals surface area contributed by atoms with Gasteiger partial charge in [-0.1, -0.05) is 23.2 Å². The number of rotatable bonds is 3. The third kappa shape index (κ3) is 3.17. The predicted molar refractivity (Wildman–Crippen MR) is 95.2 cm³/mol. The second-order valence-electron chi connectivity index (χ2n) is 5.10. The molecule has 2 aromatic carbocycles. The standard InChI is InChI=1S/C16H11Cl2F2N3S/c1-8-15(11-4-3-10(19)7-13(11)20)23(16(24)21-8)22-14-5-2-9(17)6-12(14)18/h2-7,22H,1H3,(H,21,24). The van der Waals surface area contributed by atoms with Crippen LogP contribution in [-0.2, 0) is 0 Å². The zero-order valence-corrected chi connectivity index (χ0v) is 14.7. The molecule has 1 aromatic heterocycles. The van der Waals surface area contributed by atoms with Crippen LogP contribution in [0.4, 0.5) is 14.5 Å². The molecule has 0 spiro atoms. The molecule has 0 aliphatic rings. The molecule has 0 atom stereocenters. The Morgan fingerprint density at radius 1 is 1.12 bits per heavy atom. The van der Waals surface area contributed by atoms with Crippen molar-refractivity contribution in [2.75, 3.05) is 5.43 Å². The second kappa shape index (κ2) is 6.55. The summed E-state index contributed by atoms with van der Waals surface area (Å²) in [4.78, 5) is 2.95. The van der Waals surface area contributed by atoms with Gasteiger partial charge in [-0.3, -0.25) is 5.43 Å². The largest absolute Gasteiger partial charge is 0.333 e. The number of aryl methyl sites for hydroxylation is 1. The fraction of sp³-hybridized carbons (Fsp3) is 0.0625. The van der Waals surface area contributed by atoms with Gasteiger partial charge in [0.05, 0.1) is 16.4 Å². The number of aromatic amines is 1. The molecular formula is C16H11Cl2F2N3S. The maximum Gasteiger partial charge on any atom is 0.197 e. The van der Waals surface area contributed by atoms with Crippen molar-refractivity contribution in [2.24, 2.45) is 0 Å². The van der Waals surface area contributed by atoms with E-state index in [1.54, 1.807) is 25.1 Å². The predicted octanol–water partition coefficient (Wildman–Crippen LogP) is 5.98. The Morgan fingerprint density at radius 2 is 1.88 bits per heavy atom. The van der Waals surface area contributed by atoms with E-state index in [4.69, 9.17) is 35.4 Å². The Kier molecular flexibility index (Phi) is 4.62. The average molecular weight is 386 g/mol. The van der Waals surface area contributed by atoms with Crippen molar-refractivity contribution in [3.8, 4) is 11.3 Å². The Labute approximate surface area is 151 Å². The number of halogens is 4. The number of hydrogen-bond donors (Lipinski definition) is 2. The molecule has 3 rings (SSSR count). The molecule has 0 radical (unpaired) electrons. The highest BCUT2D eigenvalue weighted by Gasteiger charge is 2.17. The molecule has 24 heavy (non-hydrogen) atoms. The topological polar surface area (TPSA) is 32.8 Å². The van der Waals surface area contributed by atoms with Crippen molar-refractivity contribution >= 4 is 41.1 Å². The summed E-state index contributed by atoms with van der Waals surface area (Å²) in [6.07, 6.45) is 0. The van der Waals surface area contributed by atoms with Gasteiger partial charge in [0.15, 0.2) is 4.77 Å². The third-order valence-electron chi connectivity index (χ3n) is 3.43. The van der Waals surface area contributed by atoms with Crippen molar-refractivity contribution in [2.45, 2.75) is 6.92 Å². The fourth-order valence-corrected chi connectivity index (χ4v) is 3.10. The molecule has 0 amide bonds. The summed E-state index contributed by atoms with van der Waals surface area (Å²) in [6, 6.07) is 8.29. The van der Waals surface area contributed by atoms with E-state index >= 15 is 0 Å². The first-order valence-electron chi connectivity index (χ1n) is 6.86. The highest BCUT2D eigenvalue weighted by molar-refractivity contribution is 7.71. The summed E-state index contributed by atoms with van der Waals surface area (Å²) in [5, 5.41) is 0.873. The van der Waals surface area contributed by atoms with Gasteiger partial charge < -0.3 is 4.98 Å². The zero-order valence-electron chi connectivity index (χ0n) is 12.3. The van der Waals surface area contributed by atoms with Crippen molar-refractivity contribution in [3.05, 3.63) is 68.5 Å². The minimum Gasteiger partial charge on any atom is -0.333 e. The lowest BCUT2D eigenvalue weighted by molar-refractivity contribution is 0.585. The molecule has 2 N–H and O–H groups in total. The summed E-state index contributed by atoms with van der Waals surface area (Å²) >= 11 is 17.3. The van der Waals surface area contributed by atoms with E-state index in [1.165, 1.54) is 16.8 Å². The van der Waals surface area contributed by atoms with E-state index in [0.717, 1.165) is 6.07 Å². The Hall–Kier alpha value is -1.89. The first-order valence-corrected chi connectivity index (χ1v) is 8.02. The molecule has 0 fully saturated rings. The molecule has 124 valence electrons. The number of H-pyrrole nitrogens is 1. The SMILES string of the molecule is Cc1[nH]c(=S)n(Nc2ccc(Cl)cc2Cl)c1-c1ccc(F)cc1F. The molecule has 0 saturated carbocycles. The van der Waals surface area contributed by atoms with Crippen LogP contribution in [0.1, 0.15) is 5.69 Å². The molecule has 1 heterocycles. The Morgan fingerprint density at radius 3 is 2.54 bits per heavy atom. The van der Waals surface area contributed by atoms with Gasteiger partial charge in [0.2, 0.25) is 0 Å². The summed E-state index contributed by atoms with van der Waals surface area (Å²) < 4.78 is 29.2. The molecule has 8 heteroatoms. The molecule has 3 nitrogen and oxygen atoms in total. The summed E-state index contributed by atoms with van der Waals surface area (Å²) in [5.74, 6) is -1.34. The van der Waals surface area contributed by atoms with Crippen molar-refractivity contribution in [1.29, 1.82) is 0 Å². The summed E-state index contributed by atoms with van der Waals surface area (Å²) in [7, 11) is 0. The van der Waals surface area contributed by atoms with Gasteiger partial charge in [0.1, 0.15) is 11.6 Å². The zero-order chi connectivity index (χ0) is 17.4. The van der Waals surface area contributed by atoms with E-state index in [0.29, 0.717) is 31.9 Å². The molecule has 3 aromatic rings. The quantitative estimate of drug-likeness (QED) is 0.543. The van der Waals surface area contributed by atoms with Crippen LogP contribution in [0.2, 0.25) is 10.0 Å². The normalized spacial score (nSPS) is 10.9. The Bertz CT molecular complexity index is 982. The van der Waals surface area contributed by atoms with Crippen molar-refractivity contribution in [3.63, 3.8) is 0 Å². The number of benzene rings is 2. The lowest BCUT2D eigenvalue weighted by Gasteiger charge is -2.14. The highest BCUT2D eigenvalue weighted by atomic mass is 35.5. The van der Waals surface area contributed by atoms with E-state index in [2.05, 4.69) is 10.4 Å². The van der Waals surface area contributed by atoms with Crippen LogP contribution in [-0.4, -0.2) is 9.66 Å². The summed E-state index contributed by atoms with van der Waals surface area (Å²) in [5.41, 5.74) is 4.85. The monoisotopic (exact) mass is 385 g/mol. The van der Waals surface area contributed by atoms with Crippen LogP contribution < -0.4 is 5.43 Å². The molecular weight excluding hydrogens is 375 g/mol. The minimum absolute atomic E-state index is 0.207. The number of hydrogen-bond acceptors (Lipinski definition) is 2. The van der Waals surface area contributed by atoms with Gasteiger partial charge in [-0.2, -0.15) is 0 Å². The number of nitrogens with one attached hydrogen (secondary N) is 2. The van der Waals surface area contributed by atoms with Gasteiger partial charge in [-0.05, 0) is 49.5 Å². The van der Waals surface area contributed by atoms with Crippen LogP contribution in [0.25, 0.3) is 11.3 Å². The maximum atomic E-state index is 14.2. The lowest BCUT2D eigenvalue weighted by Crippen LogP contribution is -2.12. The third-order valence-corrected chi connectivity index (χ3v) is 4.26. The molecule has 0 saturated heterocycles. The van der Waals surface area contributed by atoms with E-state index in [9.17, 15) is 8.78 Å². The van der Waals surface area contributed by atoms with Crippen LogP contribution in [0.3, 0.4) is 0 Å². The van der Waals surface area contributed by atoms with Gasteiger partial charge in [-0.25, -0.2) is 13.5 Å². The Balaban J connectivity index is 2.14. The highest BCUT2D eigenvalue weighted by Crippen LogP contribution is 2.30. The molecule has 0 aliphatic carbocycles. The molecule has 0 aliphatic heterocycles. The van der Waals surface area contributed by atoms with Crippen LogP contribution in [0.5, 0.6) is 0 Å². The van der Waals surface area contributed by atoms with E-state index < -0.39 is 11.6 Å². The van der Waals surface area contributed by atoms with E-state index in [1.807, 2.05) is 0 Å². The second-order valence-corrected chi connectivity index (χ2v) is 6.33. The number of aromatic nitrogens is 2. The number of nitrogens with zero attached hydrogens (tertiary/aromatic N) is 1. The van der Waals surface area contributed by atoms with Gasteiger partial charge in [-0.15, -0.1) is 0 Å². The summed E-state index contributed by atoms with van der Waals surface area (Å²) in [6.45, 7) is 1.75. The average Bonchev–Trinajstić information content (AvgIpc) is 2.76. The van der Waals surface area contributed by atoms with Gasteiger partial charge >= 0.3 is 0 Å². The van der Waals surface area contributed by atoms with Crippen LogP contribution >= 0.6 is 35.4 Å². The molecule has 0 bridgehead atoms. The van der Waals surface area contributed by atoms with E-state index in [-0.39, 0.29) is 5.56 Å². The first kappa shape index (κ1) is 17.0. The van der Waals surface area contributed by atoms with Gasteiger partial charge in [0.25, 0.3) is 0 Å². The van der Waals surface area contributed by atoms with Crippen LogP contribution in [0.15, 0.2) is 36.4 Å². The first-order chi connectivity index (χ1) is 11.4. The smallest absolute Gasteiger partial charge is 0.197 e. The minimum atomic E-state index is -0.690. The number of imidazole rings is 1. The fourth-order valence-electron chi connectivity index (χ4n) is 2.36. The van der Waals surface area contributed by atoms with Gasteiger partial charge in [0, 0.05) is 22.3 Å². The number of anilines is 1. The maximum absolute atomic E-state index is 14.2. The lowest BCUT2D eigenvalue weighted by atomic mass is 10.1. The van der Waals surface area contributed by atoms with Crippen molar-refractivity contribution in [1.82, 2.24) is 9.66 Å². The van der Waals surface area contributed by atoms with Crippen LogP contribution in [0, 0.1) is 23.3 Å².